The number of pyridine rings is 1. The van der Waals surface area contributed by atoms with Gasteiger partial charge in [-0.25, -0.2) is 5.43 Å². The van der Waals surface area contributed by atoms with Gasteiger partial charge in [-0.3, -0.25) is 10.8 Å². The summed E-state index contributed by atoms with van der Waals surface area (Å²) in [6, 6.07) is 0.102. The van der Waals surface area contributed by atoms with Crippen LogP contribution < -0.4 is 11.3 Å². The zero-order valence-corrected chi connectivity index (χ0v) is 12.0. The van der Waals surface area contributed by atoms with Gasteiger partial charge in [-0.2, -0.15) is 13.2 Å². The Morgan fingerprint density at radius 3 is 2.81 bits per heavy atom. The molecule has 0 aliphatic carbocycles. The Morgan fingerprint density at radius 2 is 2.19 bits per heavy atom. The first-order valence-electron chi connectivity index (χ1n) is 6.27. The van der Waals surface area contributed by atoms with Crippen LogP contribution in [0.25, 0.3) is 0 Å². The van der Waals surface area contributed by atoms with Crippen LogP contribution in [0.15, 0.2) is 18.5 Å². The van der Waals surface area contributed by atoms with Crippen molar-refractivity contribution in [3.63, 3.8) is 0 Å². The van der Waals surface area contributed by atoms with Gasteiger partial charge >= 0.3 is 6.18 Å². The SMILES string of the molecule is CCCc1nnsc1C(NN)c1cnccc1C(F)(F)F. The first-order valence-corrected chi connectivity index (χ1v) is 7.04. The number of aromatic nitrogens is 3. The summed E-state index contributed by atoms with van der Waals surface area (Å²) >= 11 is 1.04. The molecule has 2 aromatic heterocycles. The van der Waals surface area contributed by atoms with Gasteiger partial charge < -0.3 is 0 Å². The molecule has 2 heterocycles. The van der Waals surface area contributed by atoms with E-state index in [1.54, 1.807) is 0 Å². The van der Waals surface area contributed by atoms with Gasteiger partial charge in [0.25, 0.3) is 0 Å². The van der Waals surface area contributed by atoms with Crippen LogP contribution in [0.4, 0.5) is 13.2 Å². The molecule has 2 aromatic rings. The Hall–Kier alpha value is -1.58. The fourth-order valence-corrected chi connectivity index (χ4v) is 2.82. The fraction of sp³-hybridized carbons (Fsp3) is 0.417. The molecular formula is C12H14F3N5S. The summed E-state index contributed by atoms with van der Waals surface area (Å²) in [7, 11) is 0. The molecule has 0 aliphatic heterocycles. The molecule has 0 aromatic carbocycles. The van der Waals surface area contributed by atoms with E-state index in [1.807, 2.05) is 6.92 Å². The number of hydrogen-bond acceptors (Lipinski definition) is 6. The van der Waals surface area contributed by atoms with Crippen LogP contribution in [-0.2, 0) is 12.6 Å². The van der Waals surface area contributed by atoms with Crippen molar-refractivity contribution in [3.05, 3.63) is 40.2 Å². The van der Waals surface area contributed by atoms with Crippen molar-refractivity contribution in [1.29, 1.82) is 0 Å². The molecule has 0 spiro atoms. The third-order valence-corrected chi connectivity index (χ3v) is 3.80. The Labute approximate surface area is 123 Å². The molecule has 0 amide bonds. The molecule has 2 rings (SSSR count). The molecule has 114 valence electrons. The molecule has 5 nitrogen and oxygen atoms in total. The summed E-state index contributed by atoms with van der Waals surface area (Å²) in [5.74, 6) is 5.48. The molecule has 9 heteroatoms. The van der Waals surface area contributed by atoms with E-state index in [1.165, 1.54) is 6.20 Å². The van der Waals surface area contributed by atoms with Crippen molar-refractivity contribution in [2.24, 2.45) is 5.84 Å². The second-order valence-electron chi connectivity index (χ2n) is 4.39. The third kappa shape index (κ3) is 3.36. The number of hydrazine groups is 1. The monoisotopic (exact) mass is 317 g/mol. The van der Waals surface area contributed by atoms with Gasteiger partial charge in [0.1, 0.15) is 0 Å². The minimum absolute atomic E-state index is 0.0316. The normalized spacial score (nSPS) is 13.4. The number of alkyl halides is 3. The maximum absolute atomic E-state index is 13.1. The Morgan fingerprint density at radius 1 is 1.43 bits per heavy atom. The van der Waals surface area contributed by atoms with E-state index >= 15 is 0 Å². The first kappa shape index (κ1) is 15.8. The van der Waals surface area contributed by atoms with Crippen molar-refractivity contribution >= 4 is 11.5 Å². The van der Waals surface area contributed by atoms with Gasteiger partial charge in [0, 0.05) is 18.0 Å². The predicted octanol–water partition coefficient (Wildman–Crippen LogP) is 2.46. The van der Waals surface area contributed by atoms with Crippen LogP contribution in [0.1, 0.15) is 41.1 Å². The highest BCUT2D eigenvalue weighted by atomic mass is 32.1. The van der Waals surface area contributed by atoms with Gasteiger partial charge in [-0.1, -0.05) is 17.8 Å². The van der Waals surface area contributed by atoms with Crippen LogP contribution in [0.3, 0.4) is 0 Å². The topological polar surface area (TPSA) is 76.7 Å². The molecule has 21 heavy (non-hydrogen) atoms. The standard InChI is InChI=1S/C12H14F3N5S/c1-2-3-9-11(21-20-19-9)10(18-16)7-6-17-5-4-8(7)12(13,14)15/h4-6,10,18H,2-3,16H2,1H3. The average molecular weight is 317 g/mol. The summed E-state index contributed by atoms with van der Waals surface area (Å²) in [5.41, 5.74) is 2.28. The Kier molecular flexibility index (Phi) is 4.86. The molecule has 0 radical (unpaired) electrons. The second-order valence-corrected chi connectivity index (χ2v) is 5.18. The zero-order chi connectivity index (χ0) is 15.5. The summed E-state index contributed by atoms with van der Waals surface area (Å²) in [6.07, 6.45) is -0.752. The lowest BCUT2D eigenvalue weighted by molar-refractivity contribution is -0.138. The Bertz CT molecular complexity index is 599. The molecular weight excluding hydrogens is 303 g/mol. The fourth-order valence-electron chi connectivity index (χ4n) is 2.05. The number of hydrogen-bond donors (Lipinski definition) is 2. The van der Waals surface area contributed by atoms with Gasteiger partial charge in [-0.15, -0.1) is 5.10 Å². The van der Waals surface area contributed by atoms with Crippen molar-refractivity contribution < 1.29 is 13.2 Å². The van der Waals surface area contributed by atoms with Gasteiger partial charge in [0.05, 0.1) is 22.2 Å². The molecule has 0 saturated carbocycles. The van der Waals surface area contributed by atoms with E-state index in [-0.39, 0.29) is 5.56 Å². The lowest BCUT2D eigenvalue weighted by atomic mass is 10.00. The minimum atomic E-state index is -4.48. The van der Waals surface area contributed by atoms with Crippen molar-refractivity contribution in [2.75, 3.05) is 0 Å². The number of nitrogens with two attached hydrogens (primary N) is 1. The molecule has 0 fully saturated rings. The Balaban J connectivity index is 2.50. The van der Waals surface area contributed by atoms with E-state index in [2.05, 4.69) is 20.0 Å². The van der Waals surface area contributed by atoms with Crippen molar-refractivity contribution in [1.82, 2.24) is 20.0 Å². The van der Waals surface area contributed by atoms with E-state index in [4.69, 9.17) is 5.84 Å². The molecule has 1 atom stereocenters. The van der Waals surface area contributed by atoms with Crippen LogP contribution in [-0.4, -0.2) is 14.6 Å². The summed E-state index contributed by atoms with van der Waals surface area (Å²) in [4.78, 5) is 4.36. The minimum Gasteiger partial charge on any atom is -0.271 e. The van der Waals surface area contributed by atoms with Gasteiger partial charge in [0.2, 0.25) is 0 Å². The van der Waals surface area contributed by atoms with Crippen LogP contribution >= 0.6 is 11.5 Å². The highest BCUT2D eigenvalue weighted by Crippen LogP contribution is 2.37. The van der Waals surface area contributed by atoms with Crippen LogP contribution in [0, 0.1) is 0 Å². The maximum atomic E-state index is 13.1. The molecule has 1 unspecified atom stereocenters. The van der Waals surface area contributed by atoms with E-state index in [0.29, 0.717) is 17.0 Å². The van der Waals surface area contributed by atoms with E-state index in [0.717, 1.165) is 30.2 Å². The van der Waals surface area contributed by atoms with Gasteiger partial charge in [0.15, 0.2) is 0 Å². The lowest BCUT2D eigenvalue weighted by Gasteiger charge is -2.19. The average Bonchev–Trinajstić information content (AvgIpc) is 2.88. The van der Waals surface area contributed by atoms with Crippen LogP contribution in [0.2, 0.25) is 0 Å². The predicted molar refractivity (Wildman–Crippen MR) is 72.3 cm³/mol. The summed E-state index contributed by atoms with van der Waals surface area (Å²) in [5, 5.41) is 3.96. The van der Waals surface area contributed by atoms with Gasteiger partial charge in [-0.05, 0) is 24.0 Å². The first-order chi connectivity index (χ1) is 9.99. The molecule has 3 N–H and O–H groups in total. The molecule has 0 saturated heterocycles. The largest absolute Gasteiger partial charge is 0.416 e. The highest BCUT2D eigenvalue weighted by molar-refractivity contribution is 7.05. The molecule has 0 bridgehead atoms. The lowest BCUT2D eigenvalue weighted by Crippen LogP contribution is -2.31. The van der Waals surface area contributed by atoms with E-state index in [9.17, 15) is 13.2 Å². The number of aryl methyl sites for hydroxylation is 1. The highest BCUT2D eigenvalue weighted by Gasteiger charge is 2.36. The van der Waals surface area contributed by atoms with Crippen LogP contribution in [0.5, 0.6) is 0 Å². The number of nitrogens with one attached hydrogen (secondary N) is 1. The summed E-state index contributed by atoms with van der Waals surface area (Å²) < 4.78 is 43.2. The van der Waals surface area contributed by atoms with E-state index < -0.39 is 17.8 Å². The maximum Gasteiger partial charge on any atom is 0.416 e. The number of rotatable bonds is 5. The second kappa shape index (κ2) is 6.46. The van der Waals surface area contributed by atoms with Crippen molar-refractivity contribution in [2.45, 2.75) is 32.0 Å². The number of nitrogens with zero attached hydrogens (tertiary/aromatic N) is 3. The van der Waals surface area contributed by atoms with Crippen molar-refractivity contribution in [3.8, 4) is 0 Å². The zero-order valence-electron chi connectivity index (χ0n) is 11.2. The quantitative estimate of drug-likeness (QED) is 0.654. The number of halogens is 3. The summed E-state index contributed by atoms with van der Waals surface area (Å²) in [6.45, 7) is 1.96. The third-order valence-electron chi connectivity index (χ3n) is 2.97. The smallest absolute Gasteiger partial charge is 0.271 e. The molecule has 0 aliphatic rings.